The maximum absolute atomic E-state index is 11.8. The summed E-state index contributed by atoms with van der Waals surface area (Å²) in [5, 5.41) is 6.04. The van der Waals surface area contributed by atoms with E-state index < -0.39 is 0 Å². The quantitative estimate of drug-likeness (QED) is 0.740. The molecule has 2 N–H and O–H groups in total. The van der Waals surface area contributed by atoms with E-state index in [-0.39, 0.29) is 5.91 Å². The molecule has 4 nitrogen and oxygen atoms in total. The molecule has 0 spiro atoms. The van der Waals surface area contributed by atoms with Gasteiger partial charge >= 0.3 is 0 Å². The molecule has 106 valence electrons. The number of nitrogens with zero attached hydrogens (tertiary/aromatic N) is 1. The average Bonchev–Trinajstić information content (AvgIpc) is 2.33. The molecule has 1 aromatic carbocycles. The lowest BCUT2D eigenvalue weighted by molar-refractivity contribution is -0.116. The summed E-state index contributed by atoms with van der Waals surface area (Å²) in [5.74, 6) is 0.0837. The van der Waals surface area contributed by atoms with Gasteiger partial charge in [0.05, 0.1) is 0 Å². The smallest absolute Gasteiger partial charge is 0.224 e. The van der Waals surface area contributed by atoms with Crippen molar-refractivity contribution in [3.63, 3.8) is 0 Å². The van der Waals surface area contributed by atoms with Crippen LogP contribution in [0.3, 0.4) is 0 Å². The third-order valence-corrected chi connectivity index (χ3v) is 2.91. The van der Waals surface area contributed by atoms with E-state index in [2.05, 4.69) is 33.7 Å². The highest BCUT2D eigenvalue weighted by Gasteiger charge is 2.06. The highest BCUT2D eigenvalue weighted by atomic mass is 16.1. The number of nitrogens with one attached hydrogen (secondary N) is 2. The first-order valence-corrected chi connectivity index (χ1v) is 6.71. The van der Waals surface area contributed by atoms with Crippen LogP contribution in [0.2, 0.25) is 0 Å². The number of aryl methyl sites for hydroxylation is 1. The van der Waals surface area contributed by atoms with Crippen molar-refractivity contribution >= 4 is 11.6 Å². The van der Waals surface area contributed by atoms with E-state index in [4.69, 9.17) is 0 Å². The van der Waals surface area contributed by atoms with Gasteiger partial charge in [-0.1, -0.05) is 12.1 Å². The minimum absolute atomic E-state index is 0.0837. The Morgan fingerprint density at radius 1 is 1.32 bits per heavy atom. The van der Waals surface area contributed by atoms with Crippen molar-refractivity contribution in [1.29, 1.82) is 0 Å². The van der Waals surface area contributed by atoms with Crippen molar-refractivity contribution in [2.24, 2.45) is 0 Å². The van der Waals surface area contributed by atoms with Gasteiger partial charge in [-0.15, -0.1) is 0 Å². The van der Waals surface area contributed by atoms with Gasteiger partial charge in [-0.3, -0.25) is 4.79 Å². The van der Waals surface area contributed by atoms with E-state index in [9.17, 15) is 4.79 Å². The van der Waals surface area contributed by atoms with Gasteiger partial charge in [0.1, 0.15) is 0 Å². The van der Waals surface area contributed by atoms with E-state index in [1.807, 2.05) is 28.1 Å². The van der Waals surface area contributed by atoms with Gasteiger partial charge in [-0.2, -0.15) is 0 Å². The van der Waals surface area contributed by atoms with E-state index in [0.29, 0.717) is 6.42 Å². The molecule has 0 saturated heterocycles. The molecule has 0 aromatic heterocycles. The first-order valence-electron chi connectivity index (χ1n) is 6.71. The fourth-order valence-electron chi connectivity index (χ4n) is 1.91. The van der Waals surface area contributed by atoms with Crippen molar-refractivity contribution in [2.45, 2.75) is 26.3 Å². The Morgan fingerprint density at radius 3 is 2.68 bits per heavy atom. The Kier molecular flexibility index (Phi) is 6.53. The number of rotatable bonds is 7. The van der Waals surface area contributed by atoms with Crippen molar-refractivity contribution in [1.82, 2.24) is 10.2 Å². The number of benzene rings is 1. The van der Waals surface area contributed by atoms with Gasteiger partial charge in [-0.25, -0.2) is 0 Å². The average molecular weight is 263 g/mol. The summed E-state index contributed by atoms with van der Waals surface area (Å²) < 4.78 is 0. The standard InChI is InChI=1S/C15H25N3O/c1-12-7-8-13(11-18(3)4)10-14(12)17-15(19)6-5-9-16-2/h7-8,10,16H,5-6,9,11H2,1-4H3,(H,17,19). The molecule has 1 aromatic rings. The van der Waals surface area contributed by atoms with E-state index in [0.717, 1.165) is 30.8 Å². The lowest BCUT2D eigenvalue weighted by Crippen LogP contribution is -2.16. The first-order chi connectivity index (χ1) is 9.02. The van der Waals surface area contributed by atoms with Gasteiger partial charge in [0.15, 0.2) is 0 Å². The summed E-state index contributed by atoms with van der Waals surface area (Å²) >= 11 is 0. The summed E-state index contributed by atoms with van der Waals surface area (Å²) in [6.07, 6.45) is 1.41. The third kappa shape index (κ3) is 5.85. The second-order valence-electron chi connectivity index (χ2n) is 5.14. The maximum Gasteiger partial charge on any atom is 0.224 e. The van der Waals surface area contributed by atoms with Gasteiger partial charge in [0, 0.05) is 18.7 Å². The molecule has 1 amide bonds. The minimum Gasteiger partial charge on any atom is -0.326 e. The molecule has 0 aliphatic carbocycles. The van der Waals surface area contributed by atoms with Crippen LogP contribution in [0.15, 0.2) is 18.2 Å². The van der Waals surface area contributed by atoms with Gasteiger partial charge in [0.25, 0.3) is 0 Å². The summed E-state index contributed by atoms with van der Waals surface area (Å²) in [6, 6.07) is 6.22. The SMILES string of the molecule is CNCCCC(=O)Nc1cc(CN(C)C)ccc1C. The molecule has 0 aliphatic heterocycles. The molecule has 0 saturated carbocycles. The number of amides is 1. The van der Waals surface area contributed by atoms with E-state index in [1.165, 1.54) is 5.56 Å². The van der Waals surface area contributed by atoms with Gasteiger partial charge in [0.2, 0.25) is 5.91 Å². The monoisotopic (exact) mass is 263 g/mol. The van der Waals surface area contributed by atoms with Crippen LogP contribution in [0.1, 0.15) is 24.0 Å². The highest BCUT2D eigenvalue weighted by Crippen LogP contribution is 2.18. The Bertz CT molecular complexity index is 416. The van der Waals surface area contributed by atoms with Crippen LogP contribution in [-0.4, -0.2) is 38.5 Å². The Morgan fingerprint density at radius 2 is 2.05 bits per heavy atom. The highest BCUT2D eigenvalue weighted by molar-refractivity contribution is 5.91. The molecule has 0 fully saturated rings. The number of hydrogen-bond acceptors (Lipinski definition) is 3. The van der Waals surface area contributed by atoms with Gasteiger partial charge in [-0.05, 0) is 58.2 Å². The fourth-order valence-corrected chi connectivity index (χ4v) is 1.91. The van der Waals surface area contributed by atoms with Crippen LogP contribution < -0.4 is 10.6 Å². The first kappa shape index (κ1) is 15.7. The van der Waals surface area contributed by atoms with Crippen LogP contribution >= 0.6 is 0 Å². The third-order valence-electron chi connectivity index (χ3n) is 2.91. The molecule has 0 unspecified atom stereocenters. The summed E-state index contributed by atoms with van der Waals surface area (Å²) in [4.78, 5) is 13.9. The number of anilines is 1. The number of carbonyl (C=O) groups excluding carboxylic acids is 1. The second-order valence-corrected chi connectivity index (χ2v) is 5.14. The number of hydrogen-bond donors (Lipinski definition) is 2. The topological polar surface area (TPSA) is 44.4 Å². The predicted molar refractivity (Wildman–Crippen MR) is 80.4 cm³/mol. The minimum atomic E-state index is 0.0837. The van der Waals surface area contributed by atoms with Crippen LogP contribution in [-0.2, 0) is 11.3 Å². The zero-order valence-electron chi connectivity index (χ0n) is 12.4. The zero-order chi connectivity index (χ0) is 14.3. The molecule has 4 heteroatoms. The largest absolute Gasteiger partial charge is 0.326 e. The lowest BCUT2D eigenvalue weighted by Gasteiger charge is -2.13. The fraction of sp³-hybridized carbons (Fsp3) is 0.533. The molecule has 0 bridgehead atoms. The Hall–Kier alpha value is -1.39. The molecule has 19 heavy (non-hydrogen) atoms. The molecular formula is C15H25N3O. The van der Waals surface area contributed by atoms with E-state index in [1.54, 1.807) is 0 Å². The lowest BCUT2D eigenvalue weighted by atomic mass is 10.1. The van der Waals surface area contributed by atoms with Crippen molar-refractivity contribution in [3.8, 4) is 0 Å². The van der Waals surface area contributed by atoms with Gasteiger partial charge < -0.3 is 15.5 Å². The normalized spacial score (nSPS) is 10.8. The Balaban J connectivity index is 2.63. The van der Waals surface area contributed by atoms with Crippen molar-refractivity contribution in [2.75, 3.05) is 33.0 Å². The molecule has 1 rings (SSSR count). The Labute approximate surface area is 116 Å². The molecule has 0 radical (unpaired) electrons. The zero-order valence-corrected chi connectivity index (χ0v) is 12.4. The summed E-state index contributed by atoms with van der Waals surface area (Å²) in [5.41, 5.74) is 3.24. The van der Waals surface area contributed by atoms with Crippen LogP contribution in [0.25, 0.3) is 0 Å². The van der Waals surface area contributed by atoms with Crippen molar-refractivity contribution in [3.05, 3.63) is 29.3 Å². The molecular weight excluding hydrogens is 238 g/mol. The predicted octanol–water partition coefficient (Wildman–Crippen LogP) is 1.99. The van der Waals surface area contributed by atoms with Crippen LogP contribution in [0.4, 0.5) is 5.69 Å². The molecule has 0 heterocycles. The van der Waals surface area contributed by atoms with Crippen LogP contribution in [0, 0.1) is 6.92 Å². The number of carbonyl (C=O) groups is 1. The summed E-state index contributed by atoms with van der Waals surface area (Å²) in [7, 11) is 5.97. The second kappa shape index (κ2) is 7.92. The molecule has 0 atom stereocenters. The van der Waals surface area contributed by atoms with E-state index >= 15 is 0 Å². The molecule has 0 aliphatic rings. The van der Waals surface area contributed by atoms with Crippen molar-refractivity contribution < 1.29 is 4.79 Å². The van der Waals surface area contributed by atoms with Crippen LogP contribution in [0.5, 0.6) is 0 Å². The maximum atomic E-state index is 11.8. The summed E-state index contributed by atoms with van der Waals surface area (Å²) in [6.45, 7) is 3.76.